The van der Waals surface area contributed by atoms with Crippen LogP contribution >= 0.6 is 0 Å². The predicted octanol–water partition coefficient (Wildman–Crippen LogP) is 5.11. The topological polar surface area (TPSA) is 79.0 Å². The number of rotatable bonds is 7. The molecule has 1 aliphatic rings. The Hall–Kier alpha value is -4.75. The van der Waals surface area contributed by atoms with E-state index in [0.29, 0.717) is 48.8 Å². The Balaban J connectivity index is 1.32. The molecule has 1 saturated heterocycles. The van der Waals surface area contributed by atoms with Crippen LogP contribution in [-0.2, 0) is 9.53 Å². The highest BCUT2D eigenvalue weighted by molar-refractivity contribution is 6.10. The molecule has 0 saturated carbocycles. The fraction of sp³-hybridized carbons (Fsp3) is 0.156. The van der Waals surface area contributed by atoms with Crippen LogP contribution in [0.1, 0.15) is 20.7 Å². The van der Waals surface area contributed by atoms with Gasteiger partial charge < -0.3 is 15.0 Å². The van der Waals surface area contributed by atoms with E-state index in [0.717, 1.165) is 11.1 Å². The third-order valence-corrected chi connectivity index (χ3v) is 6.62. The summed E-state index contributed by atoms with van der Waals surface area (Å²) in [5, 5.41) is 2.93. The van der Waals surface area contributed by atoms with Gasteiger partial charge in [0.1, 0.15) is 6.54 Å². The van der Waals surface area contributed by atoms with Gasteiger partial charge >= 0.3 is 0 Å². The molecule has 1 heterocycles. The maximum Gasteiger partial charge on any atom is 0.258 e. The van der Waals surface area contributed by atoms with E-state index in [-0.39, 0.29) is 24.3 Å². The molecule has 1 aliphatic heterocycles. The van der Waals surface area contributed by atoms with Crippen LogP contribution in [-0.4, -0.2) is 55.5 Å². The molecule has 0 radical (unpaired) electrons. The standard InChI is InChI=1S/C32H29N3O4/c36-30(34-19-21-39-22-20-34)23-35(27-11-5-2-6-12-27)32(38)25-15-17-26(18-16-25)33-31(37)29-14-8-7-13-28(29)24-9-3-1-4-10-24/h1-18H,19-23H2,(H,33,37). The highest BCUT2D eigenvalue weighted by Crippen LogP contribution is 2.25. The minimum atomic E-state index is -0.296. The second-order valence-corrected chi connectivity index (χ2v) is 9.16. The van der Waals surface area contributed by atoms with E-state index < -0.39 is 0 Å². The number of carbonyl (C=O) groups is 3. The van der Waals surface area contributed by atoms with Gasteiger partial charge in [0.2, 0.25) is 5.91 Å². The minimum Gasteiger partial charge on any atom is -0.378 e. The zero-order valence-corrected chi connectivity index (χ0v) is 21.5. The zero-order valence-electron chi connectivity index (χ0n) is 21.5. The summed E-state index contributed by atoms with van der Waals surface area (Å²) in [6.07, 6.45) is 0. The molecule has 0 atom stereocenters. The Kier molecular flexibility index (Phi) is 8.09. The van der Waals surface area contributed by atoms with Gasteiger partial charge in [-0.15, -0.1) is 0 Å². The highest BCUT2D eigenvalue weighted by atomic mass is 16.5. The number of ether oxygens (including phenoxy) is 1. The van der Waals surface area contributed by atoms with Crippen LogP contribution in [0.15, 0.2) is 109 Å². The summed E-state index contributed by atoms with van der Waals surface area (Å²) in [7, 11) is 0. The van der Waals surface area contributed by atoms with Crippen molar-refractivity contribution in [1.82, 2.24) is 4.90 Å². The number of amides is 3. The number of carbonyl (C=O) groups excluding carboxylic acids is 3. The lowest BCUT2D eigenvalue weighted by Gasteiger charge is -2.30. The molecule has 1 N–H and O–H groups in total. The summed E-state index contributed by atoms with van der Waals surface area (Å²) in [5.74, 6) is -0.665. The number of benzene rings is 4. The molecule has 4 aromatic carbocycles. The summed E-state index contributed by atoms with van der Waals surface area (Å²) >= 11 is 0. The summed E-state index contributed by atoms with van der Waals surface area (Å²) in [4.78, 5) is 42.9. The van der Waals surface area contributed by atoms with Crippen molar-refractivity contribution in [3.05, 3.63) is 120 Å². The molecule has 196 valence electrons. The number of hydrogen-bond donors (Lipinski definition) is 1. The second kappa shape index (κ2) is 12.2. The monoisotopic (exact) mass is 519 g/mol. The largest absolute Gasteiger partial charge is 0.378 e. The Bertz CT molecular complexity index is 1430. The third kappa shape index (κ3) is 6.22. The molecule has 0 aromatic heterocycles. The first-order valence-electron chi connectivity index (χ1n) is 12.9. The van der Waals surface area contributed by atoms with Crippen molar-refractivity contribution in [3.63, 3.8) is 0 Å². The number of nitrogens with one attached hydrogen (secondary N) is 1. The van der Waals surface area contributed by atoms with Crippen molar-refractivity contribution in [2.45, 2.75) is 0 Å². The fourth-order valence-corrected chi connectivity index (χ4v) is 4.54. The SMILES string of the molecule is O=C(Nc1ccc(C(=O)N(CC(=O)N2CCOCC2)c2ccccc2)cc1)c1ccccc1-c1ccccc1. The molecule has 39 heavy (non-hydrogen) atoms. The van der Waals surface area contributed by atoms with Crippen LogP contribution in [0.5, 0.6) is 0 Å². The van der Waals surface area contributed by atoms with Gasteiger partial charge in [-0.3, -0.25) is 19.3 Å². The number of anilines is 2. The van der Waals surface area contributed by atoms with Gasteiger partial charge in [0.05, 0.1) is 13.2 Å². The van der Waals surface area contributed by atoms with Crippen LogP contribution in [0, 0.1) is 0 Å². The highest BCUT2D eigenvalue weighted by Gasteiger charge is 2.25. The van der Waals surface area contributed by atoms with Gasteiger partial charge in [-0.25, -0.2) is 0 Å². The molecule has 0 bridgehead atoms. The van der Waals surface area contributed by atoms with E-state index in [4.69, 9.17) is 4.74 Å². The van der Waals surface area contributed by atoms with Crippen molar-refractivity contribution in [2.24, 2.45) is 0 Å². The van der Waals surface area contributed by atoms with Gasteiger partial charge in [-0.1, -0.05) is 66.7 Å². The minimum absolute atomic E-state index is 0.0718. The van der Waals surface area contributed by atoms with Gasteiger partial charge in [0, 0.05) is 35.6 Å². The lowest BCUT2D eigenvalue weighted by atomic mass is 9.99. The predicted molar refractivity (Wildman–Crippen MR) is 152 cm³/mol. The third-order valence-electron chi connectivity index (χ3n) is 6.62. The maximum absolute atomic E-state index is 13.6. The van der Waals surface area contributed by atoms with E-state index in [1.54, 1.807) is 35.2 Å². The lowest BCUT2D eigenvalue weighted by molar-refractivity contribution is -0.133. The quantitative estimate of drug-likeness (QED) is 0.368. The van der Waals surface area contributed by atoms with Crippen LogP contribution < -0.4 is 10.2 Å². The smallest absolute Gasteiger partial charge is 0.258 e. The lowest BCUT2D eigenvalue weighted by Crippen LogP contribution is -2.47. The Labute approximate surface area is 227 Å². The number of morpholine rings is 1. The van der Waals surface area contributed by atoms with Crippen molar-refractivity contribution in [3.8, 4) is 11.1 Å². The maximum atomic E-state index is 13.6. The van der Waals surface area contributed by atoms with Crippen LogP contribution in [0.3, 0.4) is 0 Å². The molecule has 0 aliphatic carbocycles. The Morgan fingerprint density at radius 3 is 2.05 bits per heavy atom. The number of para-hydroxylation sites is 1. The second-order valence-electron chi connectivity index (χ2n) is 9.16. The molecule has 7 nitrogen and oxygen atoms in total. The Morgan fingerprint density at radius 1 is 0.744 bits per heavy atom. The van der Waals surface area contributed by atoms with Gasteiger partial charge in [-0.05, 0) is 53.6 Å². The molecule has 3 amide bonds. The van der Waals surface area contributed by atoms with Crippen molar-refractivity contribution in [1.29, 1.82) is 0 Å². The molecule has 5 rings (SSSR count). The molecule has 1 fully saturated rings. The fourth-order valence-electron chi connectivity index (χ4n) is 4.54. The molecule has 4 aromatic rings. The number of nitrogens with zero attached hydrogens (tertiary/aromatic N) is 2. The normalized spacial score (nSPS) is 13.0. The summed E-state index contributed by atoms with van der Waals surface area (Å²) in [6, 6.07) is 33.1. The van der Waals surface area contributed by atoms with E-state index in [1.807, 2.05) is 78.9 Å². The van der Waals surface area contributed by atoms with Gasteiger partial charge in [0.25, 0.3) is 11.8 Å². The molecule has 0 spiro atoms. The molecular weight excluding hydrogens is 490 g/mol. The first-order valence-corrected chi connectivity index (χ1v) is 12.9. The first-order chi connectivity index (χ1) is 19.1. The van der Waals surface area contributed by atoms with Gasteiger partial charge in [0.15, 0.2) is 0 Å². The van der Waals surface area contributed by atoms with Crippen LogP contribution in [0.2, 0.25) is 0 Å². The average Bonchev–Trinajstić information content (AvgIpc) is 3.01. The first kappa shape index (κ1) is 25.9. The summed E-state index contributed by atoms with van der Waals surface area (Å²) in [5.41, 5.74) is 3.97. The number of hydrogen-bond acceptors (Lipinski definition) is 4. The van der Waals surface area contributed by atoms with E-state index in [9.17, 15) is 14.4 Å². The molecule has 7 heteroatoms. The van der Waals surface area contributed by atoms with Crippen LogP contribution in [0.4, 0.5) is 11.4 Å². The summed E-state index contributed by atoms with van der Waals surface area (Å²) in [6.45, 7) is 1.94. The van der Waals surface area contributed by atoms with E-state index in [1.165, 1.54) is 4.90 Å². The van der Waals surface area contributed by atoms with Crippen molar-refractivity contribution < 1.29 is 19.1 Å². The van der Waals surface area contributed by atoms with Crippen molar-refractivity contribution >= 4 is 29.1 Å². The molecular formula is C32H29N3O4. The average molecular weight is 520 g/mol. The van der Waals surface area contributed by atoms with E-state index >= 15 is 0 Å². The van der Waals surface area contributed by atoms with E-state index in [2.05, 4.69) is 5.32 Å². The van der Waals surface area contributed by atoms with Gasteiger partial charge in [-0.2, -0.15) is 0 Å². The molecule has 0 unspecified atom stereocenters. The summed E-state index contributed by atoms with van der Waals surface area (Å²) < 4.78 is 5.35. The zero-order chi connectivity index (χ0) is 27.0. The van der Waals surface area contributed by atoms with Crippen LogP contribution in [0.25, 0.3) is 11.1 Å². The Morgan fingerprint density at radius 2 is 1.36 bits per heavy atom. The van der Waals surface area contributed by atoms with Crippen molar-refractivity contribution in [2.75, 3.05) is 43.1 Å².